The summed E-state index contributed by atoms with van der Waals surface area (Å²) in [6.07, 6.45) is 7.32. The molecule has 32 heavy (non-hydrogen) atoms. The van der Waals surface area contributed by atoms with Gasteiger partial charge in [-0.2, -0.15) is 0 Å². The zero-order valence-corrected chi connectivity index (χ0v) is 19.4. The number of likely N-dealkylation sites (tertiary alicyclic amines) is 1. The van der Waals surface area contributed by atoms with Gasteiger partial charge in [0.05, 0.1) is 18.9 Å². The van der Waals surface area contributed by atoms with E-state index in [1.807, 2.05) is 36.0 Å². The maximum Gasteiger partial charge on any atom is 0.287 e. The van der Waals surface area contributed by atoms with Crippen molar-refractivity contribution in [2.75, 3.05) is 26.7 Å². The van der Waals surface area contributed by atoms with Gasteiger partial charge in [0.25, 0.3) is 5.91 Å². The lowest BCUT2D eigenvalue weighted by Crippen LogP contribution is -2.40. The number of imidazole rings is 1. The number of thioether (sulfide) groups is 1. The summed E-state index contributed by atoms with van der Waals surface area (Å²) in [6, 6.07) is 11.9. The highest BCUT2D eigenvalue weighted by Gasteiger charge is 2.24. The van der Waals surface area contributed by atoms with Crippen LogP contribution in [-0.2, 0) is 12.8 Å². The number of aryl methyl sites for hydroxylation is 1. The van der Waals surface area contributed by atoms with Crippen LogP contribution in [-0.4, -0.2) is 47.1 Å². The molecule has 1 fully saturated rings. The number of nitrogens with zero attached hydrogens (tertiary/aromatic N) is 3. The Hall–Kier alpha value is -2.71. The first-order chi connectivity index (χ1) is 15.6. The molecule has 1 N–H and O–H groups in total. The summed E-state index contributed by atoms with van der Waals surface area (Å²) in [6.45, 7) is 2.62. The van der Waals surface area contributed by atoms with Crippen molar-refractivity contribution in [1.29, 1.82) is 0 Å². The van der Waals surface area contributed by atoms with Crippen molar-refractivity contribution in [1.82, 2.24) is 19.8 Å². The highest BCUT2D eigenvalue weighted by Crippen LogP contribution is 2.26. The van der Waals surface area contributed by atoms with Gasteiger partial charge >= 0.3 is 0 Å². The molecule has 1 saturated heterocycles. The number of piperidine rings is 1. The largest absolute Gasteiger partial charge is 0.497 e. The molecule has 4 rings (SSSR count). The van der Waals surface area contributed by atoms with Gasteiger partial charge in [0.15, 0.2) is 10.9 Å². The van der Waals surface area contributed by atoms with E-state index in [1.165, 1.54) is 24.8 Å². The molecule has 3 heterocycles. The zero-order valence-electron chi connectivity index (χ0n) is 18.6. The van der Waals surface area contributed by atoms with Gasteiger partial charge in [-0.1, -0.05) is 30.3 Å². The number of carbonyl (C=O) groups is 1. The SMILES string of the molecule is COc1ccc(C(CNC(=O)c2ccc(CSc3nccn3C)o2)N2CCCCC2)cc1. The highest BCUT2D eigenvalue weighted by molar-refractivity contribution is 7.98. The second-order valence-electron chi connectivity index (χ2n) is 7.97. The Balaban J connectivity index is 1.38. The van der Waals surface area contributed by atoms with E-state index in [0.717, 1.165) is 29.8 Å². The van der Waals surface area contributed by atoms with Crippen LogP contribution in [0.5, 0.6) is 5.75 Å². The number of nitrogens with one attached hydrogen (secondary N) is 1. The first kappa shape index (κ1) is 22.5. The number of aromatic nitrogens is 2. The van der Waals surface area contributed by atoms with Gasteiger partial charge < -0.3 is 19.0 Å². The molecule has 1 atom stereocenters. The number of benzene rings is 1. The molecule has 1 aromatic carbocycles. The van der Waals surface area contributed by atoms with Crippen LogP contribution < -0.4 is 10.1 Å². The molecule has 0 bridgehead atoms. The maximum atomic E-state index is 12.8. The van der Waals surface area contributed by atoms with Crippen LogP contribution in [0.4, 0.5) is 0 Å². The monoisotopic (exact) mass is 454 g/mol. The molecule has 3 aromatic rings. The van der Waals surface area contributed by atoms with Gasteiger partial charge in [0, 0.05) is 26.0 Å². The standard InChI is InChI=1S/C24H30N4O3S/c1-27-15-12-25-24(27)32-17-20-10-11-22(31-20)23(29)26-16-21(28-13-4-3-5-14-28)18-6-8-19(30-2)9-7-18/h6-12,15,21H,3-5,13-14,16-17H2,1-2H3,(H,26,29). The van der Waals surface area contributed by atoms with Crippen molar-refractivity contribution >= 4 is 17.7 Å². The minimum absolute atomic E-state index is 0.124. The zero-order chi connectivity index (χ0) is 22.3. The molecule has 7 nitrogen and oxygen atoms in total. The fourth-order valence-corrected chi connectivity index (χ4v) is 4.82. The van der Waals surface area contributed by atoms with Crippen molar-refractivity contribution in [2.24, 2.45) is 7.05 Å². The molecule has 1 aliphatic rings. The lowest BCUT2D eigenvalue weighted by atomic mass is 10.0. The lowest BCUT2D eigenvalue weighted by molar-refractivity contribution is 0.0896. The Morgan fingerprint density at radius 1 is 1.19 bits per heavy atom. The van der Waals surface area contributed by atoms with Gasteiger partial charge in [-0.3, -0.25) is 9.69 Å². The molecule has 1 unspecified atom stereocenters. The topological polar surface area (TPSA) is 72.5 Å². The van der Waals surface area contributed by atoms with E-state index in [2.05, 4.69) is 27.3 Å². The number of amides is 1. The van der Waals surface area contributed by atoms with Gasteiger partial charge in [0.2, 0.25) is 0 Å². The lowest BCUT2D eigenvalue weighted by Gasteiger charge is -2.35. The van der Waals surface area contributed by atoms with Crippen molar-refractivity contribution in [2.45, 2.75) is 36.2 Å². The second kappa shape index (κ2) is 10.7. The summed E-state index contributed by atoms with van der Waals surface area (Å²) in [7, 11) is 3.63. The minimum Gasteiger partial charge on any atom is -0.497 e. The normalized spacial score (nSPS) is 15.4. The summed E-state index contributed by atoms with van der Waals surface area (Å²) < 4.78 is 13.1. The van der Waals surface area contributed by atoms with Crippen molar-refractivity contribution < 1.29 is 13.9 Å². The average Bonchev–Trinajstić information content (AvgIpc) is 3.47. The Morgan fingerprint density at radius 3 is 2.66 bits per heavy atom. The molecule has 8 heteroatoms. The van der Waals surface area contributed by atoms with Crippen LogP contribution in [0.25, 0.3) is 0 Å². The molecule has 1 amide bonds. The Labute approximate surface area is 193 Å². The first-order valence-corrected chi connectivity index (χ1v) is 12.0. The molecule has 2 aromatic heterocycles. The predicted molar refractivity (Wildman–Crippen MR) is 125 cm³/mol. The van der Waals surface area contributed by atoms with E-state index in [-0.39, 0.29) is 11.9 Å². The number of ether oxygens (including phenoxy) is 1. The molecule has 0 aliphatic carbocycles. The van der Waals surface area contributed by atoms with Gasteiger partial charge in [-0.05, 0) is 55.8 Å². The summed E-state index contributed by atoms with van der Waals surface area (Å²) >= 11 is 1.58. The third kappa shape index (κ3) is 5.55. The van der Waals surface area contributed by atoms with Crippen LogP contribution in [0.3, 0.4) is 0 Å². The van der Waals surface area contributed by atoms with E-state index >= 15 is 0 Å². The minimum atomic E-state index is -0.186. The van der Waals surface area contributed by atoms with E-state index in [0.29, 0.717) is 18.1 Å². The highest BCUT2D eigenvalue weighted by atomic mass is 32.2. The summed E-state index contributed by atoms with van der Waals surface area (Å²) in [5, 5.41) is 4.00. The quantitative estimate of drug-likeness (QED) is 0.487. The number of rotatable bonds is 9. The van der Waals surface area contributed by atoms with Crippen LogP contribution in [0.2, 0.25) is 0 Å². The van der Waals surface area contributed by atoms with Gasteiger partial charge in [0.1, 0.15) is 11.5 Å². The van der Waals surface area contributed by atoms with Gasteiger partial charge in [-0.25, -0.2) is 4.98 Å². The van der Waals surface area contributed by atoms with Gasteiger partial charge in [-0.15, -0.1) is 0 Å². The molecule has 0 spiro atoms. The van der Waals surface area contributed by atoms with Crippen LogP contribution >= 0.6 is 11.8 Å². The number of hydrogen-bond donors (Lipinski definition) is 1. The third-order valence-electron chi connectivity index (χ3n) is 5.79. The first-order valence-electron chi connectivity index (χ1n) is 11.0. The fourth-order valence-electron chi connectivity index (χ4n) is 3.99. The molecule has 0 saturated carbocycles. The average molecular weight is 455 g/mol. The molecule has 170 valence electrons. The smallest absolute Gasteiger partial charge is 0.287 e. The van der Waals surface area contributed by atoms with Crippen molar-refractivity contribution in [3.05, 3.63) is 65.9 Å². The Kier molecular flexibility index (Phi) is 7.55. The third-order valence-corrected chi connectivity index (χ3v) is 6.87. The maximum absolute atomic E-state index is 12.8. The van der Waals surface area contributed by atoms with Crippen LogP contribution in [0.1, 0.15) is 47.2 Å². The second-order valence-corrected chi connectivity index (χ2v) is 8.91. The summed E-state index contributed by atoms with van der Waals surface area (Å²) in [5.74, 6) is 2.37. The fraction of sp³-hybridized carbons (Fsp3) is 0.417. The number of carbonyl (C=O) groups excluding carboxylic acids is 1. The van der Waals surface area contributed by atoms with E-state index in [9.17, 15) is 4.79 Å². The van der Waals surface area contributed by atoms with E-state index < -0.39 is 0 Å². The van der Waals surface area contributed by atoms with Crippen molar-refractivity contribution in [3.63, 3.8) is 0 Å². The van der Waals surface area contributed by atoms with E-state index in [4.69, 9.17) is 9.15 Å². The number of methoxy groups -OCH3 is 1. The molecular formula is C24H30N4O3S. The van der Waals surface area contributed by atoms with Crippen molar-refractivity contribution in [3.8, 4) is 5.75 Å². The van der Waals surface area contributed by atoms with Crippen LogP contribution in [0, 0.1) is 0 Å². The Morgan fingerprint density at radius 2 is 1.97 bits per heavy atom. The molecule has 1 aliphatic heterocycles. The van der Waals surface area contributed by atoms with E-state index in [1.54, 1.807) is 31.1 Å². The molecular weight excluding hydrogens is 424 g/mol. The van der Waals surface area contributed by atoms with Crippen LogP contribution in [0.15, 0.2) is 58.4 Å². The summed E-state index contributed by atoms with van der Waals surface area (Å²) in [4.78, 5) is 19.6. The Bertz CT molecular complexity index is 1010. The number of hydrogen-bond acceptors (Lipinski definition) is 6. The summed E-state index contributed by atoms with van der Waals surface area (Å²) in [5.41, 5.74) is 1.18. The predicted octanol–water partition coefficient (Wildman–Crippen LogP) is 4.27. The number of furan rings is 1. The molecule has 0 radical (unpaired) electrons.